The van der Waals surface area contributed by atoms with E-state index in [-0.39, 0.29) is 5.54 Å². The van der Waals surface area contributed by atoms with Crippen LogP contribution in [0.3, 0.4) is 0 Å². The van der Waals surface area contributed by atoms with Gasteiger partial charge in [0.05, 0.1) is 32.6 Å². The molecule has 0 bridgehead atoms. The minimum Gasteiger partial charge on any atom is -0.496 e. The number of guanidine groups is 1. The van der Waals surface area contributed by atoms with Gasteiger partial charge in [-0.05, 0) is 27.7 Å². The van der Waals surface area contributed by atoms with Crippen molar-refractivity contribution in [3.63, 3.8) is 0 Å². The van der Waals surface area contributed by atoms with Gasteiger partial charge in [0, 0.05) is 49.5 Å². The Morgan fingerprint density at radius 3 is 2.62 bits per heavy atom. The van der Waals surface area contributed by atoms with E-state index in [1.807, 2.05) is 20.0 Å². The van der Waals surface area contributed by atoms with E-state index in [1.165, 1.54) is 0 Å². The van der Waals surface area contributed by atoms with Crippen molar-refractivity contribution in [3.8, 4) is 5.75 Å². The number of morpholine rings is 1. The summed E-state index contributed by atoms with van der Waals surface area (Å²) in [6.07, 6.45) is 1.85. The van der Waals surface area contributed by atoms with Crippen LogP contribution in [0, 0.1) is 13.8 Å². The Balaban J connectivity index is 1.92. The first-order chi connectivity index (χ1) is 12.4. The van der Waals surface area contributed by atoms with Crippen molar-refractivity contribution in [2.75, 3.05) is 47.0 Å². The number of methoxy groups -OCH3 is 1. The van der Waals surface area contributed by atoms with Crippen LogP contribution >= 0.6 is 0 Å². The summed E-state index contributed by atoms with van der Waals surface area (Å²) in [6.45, 7) is 13.5. The molecule has 1 aliphatic rings. The zero-order valence-electron chi connectivity index (χ0n) is 17.0. The number of hydrogen-bond acceptors (Lipinski definition) is 5. The van der Waals surface area contributed by atoms with Crippen LogP contribution < -0.4 is 15.4 Å². The summed E-state index contributed by atoms with van der Waals surface area (Å²) in [5.74, 6) is 1.67. The Morgan fingerprint density at radius 1 is 1.31 bits per heavy atom. The molecular formula is C19H33N5O2. The van der Waals surface area contributed by atoms with Crippen molar-refractivity contribution in [2.45, 2.75) is 39.8 Å². The van der Waals surface area contributed by atoms with Crippen LogP contribution in [0.2, 0.25) is 0 Å². The van der Waals surface area contributed by atoms with Gasteiger partial charge in [0.15, 0.2) is 5.96 Å². The summed E-state index contributed by atoms with van der Waals surface area (Å²) < 4.78 is 10.9. The molecule has 1 saturated heterocycles. The molecule has 0 spiro atoms. The summed E-state index contributed by atoms with van der Waals surface area (Å²) in [5, 5.41) is 6.78. The average molecular weight is 364 g/mol. The molecule has 146 valence electrons. The highest BCUT2D eigenvalue weighted by molar-refractivity contribution is 5.79. The molecule has 0 radical (unpaired) electrons. The van der Waals surface area contributed by atoms with Gasteiger partial charge in [-0.25, -0.2) is 0 Å². The third kappa shape index (κ3) is 5.08. The van der Waals surface area contributed by atoms with Crippen LogP contribution in [0.5, 0.6) is 5.75 Å². The number of ether oxygens (including phenoxy) is 2. The molecule has 1 fully saturated rings. The molecule has 1 aromatic heterocycles. The minimum absolute atomic E-state index is 0.0304. The second kappa shape index (κ2) is 9.19. The Bertz CT molecular complexity index is 625. The van der Waals surface area contributed by atoms with Gasteiger partial charge in [0.25, 0.3) is 0 Å². The zero-order valence-corrected chi connectivity index (χ0v) is 17.0. The van der Waals surface area contributed by atoms with Crippen LogP contribution in [0.1, 0.15) is 30.7 Å². The number of hydrogen-bond donors (Lipinski definition) is 2. The molecule has 0 atom stereocenters. The standard InChI is InChI=1S/C19H33N5O2/c1-14-11-21-16(15(2)17(14)25-6)12-22-18(20-5)23-13-19(3,4)24-7-9-26-10-8-24/h11H,7-10,12-13H2,1-6H3,(H2,20,22,23). The lowest BCUT2D eigenvalue weighted by atomic mass is 10.0. The summed E-state index contributed by atoms with van der Waals surface area (Å²) in [7, 11) is 3.48. The zero-order chi connectivity index (χ0) is 19.2. The molecule has 1 aliphatic heterocycles. The van der Waals surface area contributed by atoms with Gasteiger partial charge in [-0.3, -0.25) is 14.9 Å². The van der Waals surface area contributed by atoms with Crippen molar-refractivity contribution in [1.82, 2.24) is 20.5 Å². The van der Waals surface area contributed by atoms with Crippen molar-refractivity contribution in [2.24, 2.45) is 4.99 Å². The van der Waals surface area contributed by atoms with Crippen LogP contribution in [0.15, 0.2) is 11.2 Å². The van der Waals surface area contributed by atoms with Gasteiger partial charge in [-0.15, -0.1) is 0 Å². The third-order valence-corrected chi connectivity index (χ3v) is 4.95. The van der Waals surface area contributed by atoms with Crippen molar-refractivity contribution >= 4 is 5.96 Å². The SMILES string of the molecule is CN=C(NCc1ncc(C)c(OC)c1C)NCC(C)(C)N1CCOCC1. The van der Waals surface area contributed by atoms with Crippen molar-refractivity contribution in [3.05, 3.63) is 23.0 Å². The summed E-state index contributed by atoms with van der Waals surface area (Å²) in [4.78, 5) is 11.3. The van der Waals surface area contributed by atoms with E-state index in [0.717, 1.165) is 61.4 Å². The number of nitrogens with one attached hydrogen (secondary N) is 2. The lowest BCUT2D eigenvalue weighted by molar-refractivity contribution is -0.00834. The van der Waals surface area contributed by atoms with Crippen molar-refractivity contribution < 1.29 is 9.47 Å². The highest BCUT2D eigenvalue weighted by Crippen LogP contribution is 2.23. The molecule has 2 heterocycles. The minimum atomic E-state index is 0.0304. The second-order valence-electron chi connectivity index (χ2n) is 7.24. The van der Waals surface area contributed by atoms with E-state index in [1.54, 1.807) is 14.2 Å². The first-order valence-electron chi connectivity index (χ1n) is 9.15. The molecule has 0 unspecified atom stereocenters. The fourth-order valence-electron chi connectivity index (χ4n) is 3.22. The lowest BCUT2D eigenvalue weighted by Crippen LogP contribution is -2.56. The Hall–Kier alpha value is -1.86. The lowest BCUT2D eigenvalue weighted by Gasteiger charge is -2.41. The first kappa shape index (κ1) is 20.5. The highest BCUT2D eigenvalue weighted by atomic mass is 16.5. The quantitative estimate of drug-likeness (QED) is 0.589. The van der Waals surface area contributed by atoms with Gasteiger partial charge in [-0.1, -0.05) is 0 Å². The topological polar surface area (TPSA) is 71.0 Å². The summed E-state index contributed by atoms with van der Waals surface area (Å²) >= 11 is 0. The van der Waals surface area contributed by atoms with E-state index in [2.05, 4.69) is 39.4 Å². The number of aromatic nitrogens is 1. The number of rotatable bonds is 6. The predicted molar refractivity (Wildman–Crippen MR) is 105 cm³/mol. The van der Waals surface area contributed by atoms with E-state index >= 15 is 0 Å². The largest absolute Gasteiger partial charge is 0.496 e. The molecule has 1 aromatic rings. The predicted octanol–water partition coefficient (Wildman–Crippen LogP) is 1.48. The van der Waals surface area contributed by atoms with Crippen LogP contribution in [-0.4, -0.2) is 68.4 Å². The van der Waals surface area contributed by atoms with Crippen LogP contribution in [0.4, 0.5) is 0 Å². The number of aliphatic imine (C=N–C) groups is 1. The first-order valence-corrected chi connectivity index (χ1v) is 9.15. The van der Waals surface area contributed by atoms with Gasteiger partial charge in [0.1, 0.15) is 5.75 Å². The molecule has 0 aliphatic carbocycles. The second-order valence-corrected chi connectivity index (χ2v) is 7.24. The van der Waals surface area contributed by atoms with Crippen LogP contribution in [0.25, 0.3) is 0 Å². The molecule has 2 rings (SSSR count). The maximum Gasteiger partial charge on any atom is 0.191 e. The van der Waals surface area contributed by atoms with E-state index < -0.39 is 0 Å². The maximum atomic E-state index is 5.48. The third-order valence-electron chi connectivity index (χ3n) is 4.95. The molecule has 0 saturated carbocycles. The molecule has 2 N–H and O–H groups in total. The van der Waals surface area contributed by atoms with Gasteiger partial charge < -0.3 is 20.1 Å². The van der Waals surface area contributed by atoms with Crippen molar-refractivity contribution in [1.29, 1.82) is 0 Å². The summed E-state index contributed by atoms with van der Waals surface area (Å²) in [5.41, 5.74) is 3.10. The van der Waals surface area contributed by atoms with E-state index in [0.29, 0.717) is 6.54 Å². The fourth-order valence-corrected chi connectivity index (χ4v) is 3.22. The number of pyridine rings is 1. The number of aryl methyl sites for hydroxylation is 1. The van der Waals surface area contributed by atoms with E-state index in [4.69, 9.17) is 9.47 Å². The Kier molecular flexibility index (Phi) is 7.23. The Morgan fingerprint density at radius 2 is 2.00 bits per heavy atom. The summed E-state index contributed by atoms with van der Waals surface area (Å²) in [6, 6.07) is 0. The monoisotopic (exact) mass is 363 g/mol. The average Bonchev–Trinajstić information content (AvgIpc) is 2.64. The van der Waals surface area contributed by atoms with Gasteiger partial charge >= 0.3 is 0 Å². The molecule has 7 nitrogen and oxygen atoms in total. The molecule has 0 amide bonds. The number of nitrogens with zero attached hydrogens (tertiary/aromatic N) is 3. The molecule has 7 heteroatoms. The van der Waals surface area contributed by atoms with Gasteiger partial charge in [-0.2, -0.15) is 0 Å². The normalized spacial score (nSPS) is 16.5. The smallest absolute Gasteiger partial charge is 0.191 e. The highest BCUT2D eigenvalue weighted by Gasteiger charge is 2.28. The molecule has 26 heavy (non-hydrogen) atoms. The van der Waals surface area contributed by atoms with E-state index in [9.17, 15) is 0 Å². The Labute approximate surface area is 157 Å². The molecular weight excluding hydrogens is 330 g/mol. The molecule has 0 aromatic carbocycles. The fraction of sp³-hybridized carbons (Fsp3) is 0.684. The van der Waals surface area contributed by atoms with Crippen LogP contribution in [-0.2, 0) is 11.3 Å². The van der Waals surface area contributed by atoms with Gasteiger partial charge in [0.2, 0.25) is 0 Å². The maximum absolute atomic E-state index is 5.48.